The Kier molecular flexibility index (Phi) is 5.40. The van der Waals surface area contributed by atoms with Crippen molar-refractivity contribution < 1.29 is 19.1 Å². The molecule has 0 N–H and O–H groups in total. The van der Waals surface area contributed by atoms with Gasteiger partial charge in [-0.05, 0) is 20.8 Å². The van der Waals surface area contributed by atoms with Gasteiger partial charge in [0.1, 0.15) is 5.60 Å². The predicted molar refractivity (Wildman–Crippen MR) is 60.2 cm³/mol. The molecular formula is C9H15IO4. The second-order valence-corrected chi connectivity index (χ2v) is 4.64. The standard InChI is InChI=1S/C9H15IO4/c1-9(2,3)14-8(12)6(5-10)7(11)13-4/h6H,5H2,1-4H3. The van der Waals surface area contributed by atoms with Crippen LogP contribution in [-0.2, 0) is 19.1 Å². The summed E-state index contributed by atoms with van der Waals surface area (Å²) >= 11 is 1.95. The lowest BCUT2D eigenvalue weighted by Gasteiger charge is -2.21. The first kappa shape index (κ1) is 13.7. The normalized spacial score (nSPS) is 13.2. The monoisotopic (exact) mass is 314 g/mol. The summed E-state index contributed by atoms with van der Waals surface area (Å²) in [6.07, 6.45) is 0. The SMILES string of the molecule is COC(=O)C(CI)C(=O)OC(C)(C)C. The maximum absolute atomic E-state index is 11.5. The number of ether oxygens (including phenoxy) is 2. The van der Waals surface area contributed by atoms with E-state index in [0.29, 0.717) is 4.43 Å². The molecule has 0 saturated heterocycles. The van der Waals surface area contributed by atoms with E-state index >= 15 is 0 Å². The summed E-state index contributed by atoms with van der Waals surface area (Å²) in [5.74, 6) is -1.90. The predicted octanol–water partition coefficient (Wildman–Crippen LogP) is 1.55. The van der Waals surface area contributed by atoms with Gasteiger partial charge in [-0.15, -0.1) is 0 Å². The van der Waals surface area contributed by atoms with E-state index in [1.54, 1.807) is 20.8 Å². The minimum absolute atomic E-state index is 0.360. The van der Waals surface area contributed by atoms with Gasteiger partial charge in [-0.2, -0.15) is 0 Å². The molecule has 0 spiro atoms. The van der Waals surface area contributed by atoms with Crippen LogP contribution in [0.3, 0.4) is 0 Å². The molecule has 0 radical (unpaired) electrons. The number of rotatable bonds is 3. The van der Waals surface area contributed by atoms with E-state index in [2.05, 4.69) is 4.74 Å². The highest BCUT2D eigenvalue weighted by atomic mass is 127. The summed E-state index contributed by atoms with van der Waals surface area (Å²) in [7, 11) is 1.26. The van der Waals surface area contributed by atoms with Crippen molar-refractivity contribution >= 4 is 34.5 Å². The molecule has 0 aromatic rings. The molecule has 82 valence electrons. The minimum Gasteiger partial charge on any atom is -0.468 e. The van der Waals surface area contributed by atoms with Crippen LogP contribution in [0, 0.1) is 5.92 Å². The second-order valence-electron chi connectivity index (χ2n) is 3.76. The van der Waals surface area contributed by atoms with Crippen LogP contribution in [0.5, 0.6) is 0 Å². The molecule has 1 unspecified atom stereocenters. The molecule has 0 aliphatic rings. The molecule has 0 amide bonds. The number of halogens is 1. The van der Waals surface area contributed by atoms with Gasteiger partial charge in [0, 0.05) is 4.43 Å². The highest BCUT2D eigenvalue weighted by Crippen LogP contribution is 2.14. The fraction of sp³-hybridized carbons (Fsp3) is 0.778. The van der Waals surface area contributed by atoms with E-state index in [1.807, 2.05) is 22.6 Å². The quantitative estimate of drug-likeness (QED) is 0.343. The third kappa shape index (κ3) is 4.78. The zero-order valence-electron chi connectivity index (χ0n) is 8.80. The highest BCUT2D eigenvalue weighted by molar-refractivity contribution is 14.1. The number of hydrogen-bond acceptors (Lipinski definition) is 4. The lowest BCUT2D eigenvalue weighted by atomic mass is 10.1. The molecular weight excluding hydrogens is 299 g/mol. The van der Waals surface area contributed by atoms with Crippen LogP contribution in [0.1, 0.15) is 20.8 Å². The third-order valence-corrected chi connectivity index (χ3v) is 2.21. The van der Waals surface area contributed by atoms with Gasteiger partial charge in [-0.1, -0.05) is 22.6 Å². The van der Waals surface area contributed by atoms with Gasteiger partial charge < -0.3 is 9.47 Å². The third-order valence-electron chi connectivity index (χ3n) is 1.33. The Morgan fingerprint density at radius 2 is 1.79 bits per heavy atom. The van der Waals surface area contributed by atoms with Crippen molar-refractivity contribution in [3.8, 4) is 0 Å². The Morgan fingerprint density at radius 3 is 2.07 bits per heavy atom. The van der Waals surface area contributed by atoms with Crippen LogP contribution in [0.4, 0.5) is 0 Å². The molecule has 0 aromatic carbocycles. The van der Waals surface area contributed by atoms with Crippen molar-refractivity contribution in [2.75, 3.05) is 11.5 Å². The van der Waals surface area contributed by atoms with Crippen molar-refractivity contribution in [3.05, 3.63) is 0 Å². The number of carbonyl (C=O) groups excluding carboxylic acids is 2. The Bertz CT molecular complexity index is 219. The van der Waals surface area contributed by atoms with E-state index in [0.717, 1.165) is 0 Å². The maximum Gasteiger partial charge on any atom is 0.321 e. The van der Waals surface area contributed by atoms with Crippen molar-refractivity contribution in [1.82, 2.24) is 0 Å². The summed E-state index contributed by atoms with van der Waals surface area (Å²) in [6, 6.07) is 0. The summed E-state index contributed by atoms with van der Waals surface area (Å²) in [4.78, 5) is 22.6. The highest BCUT2D eigenvalue weighted by Gasteiger charge is 2.30. The Labute approximate surface area is 97.5 Å². The molecule has 0 aliphatic heterocycles. The largest absolute Gasteiger partial charge is 0.468 e. The zero-order chi connectivity index (χ0) is 11.4. The maximum atomic E-state index is 11.5. The summed E-state index contributed by atoms with van der Waals surface area (Å²) in [5.41, 5.74) is -0.574. The van der Waals surface area contributed by atoms with Crippen LogP contribution in [0.2, 0.25) is 0 Å². The van der Waals surface area contributed by atoms with Gasteiger partial charge in [0.05, 0.1) is 7.11 Å². The van der Waals surface area contributed by atoms with E-state index in [4.69, 9.17) is 4.74 Å². The van der Waals surface area contributed by atoms with Crippen molar-refractivity contribution in [1.29, 1.82) is 0 Å². The molecule has 0 rings (SSSR count). The molecule has 0 saturated carbocycles. The molecule has 0 fully saturated rings. The first-order valence-corrected chi connectivity index (χ1v) is 5.71. The fourth-order valence-electron chi connectivity index (χ4n) is 0.737. The van der Waals surface area contributed by atoms with Crippen LogP contribution in [-0.4, -0.2) is 29.1 Å². The first-order chi connectivity index (χ1) is 6.31. The van der Waals surface area contributed by atoms with Gasteiger partial charge >= 0.3 is 11.9 Å². The Hall–Kier alpha value is -0.330. The van der Waals surface area contributed by atoms with Crippen molar-refractivity contribution in [3.63, 3.8) is 0 Å². The van der Waals surface area contributed by atoms with Crippen LogP contribution in [0.15, 0.2) is 0 Å². The van der Waals surface area contributed by atoms with Gasteiger partial charge in [-0.3, -0.25) is 9.59 Å². The number of alkyl halides is 1. The molecule has 14 heavy (non-hydrogen) atoms. The van der Waals surface area contributed by atoms with Gasteiger partial charge in [0.2, 0.25) is 0 Å². The van der Waals surface area contributed by atoms with Crippen molar-refractivity contribution in [2.45, 2.75) is 26.4 Å². The Balaban J connectivity index is 4.40. The number of hydrogen-bond donors (Lipinski definition) is 0. The summed E-state index contributed by atoms with van der Waals surface area (Å²) < 4.78 is 9.92. The van der Waals surface area contributed by atoms with Gasteiger partial charge in [0.25, 0.3) is 0 Å². The molecule has 5 heteroatoms. The fourth-order valence-corrected chi connectivity index (χ4v) is 1.46. The second kappa shape index (κ2) is 5.53. The van der Waals surface area contributed by atoms with E-state index < -0.39 is 23.5 Å². The summed E-state index contributed by atoms with van der Waals surface area (Å²) in [6.45, 7) is 5.27. The van der Waals surface area contributed by atoms with E-state index in [1.165, 1.54) is 7.11 Å². The zero-order valence-corrected chi connectivity index (χ0v) is 11.0. The van der Waals surface area contributed by atoms with E-state index in [9.17, 15) is 9.59 Å². The minimum atomic E-state index is -0.820. The smallest absolute Gasteiger partial charge is 0.321 e. The first-order valence-electron chi connectivity index (χ1n) is 4.18. The average molecular weight is 314 g/mol. The molecule has 1 atom stereocenters. The summed E-state index contributed by atoms with van der Waals surface area (Å²) in [5, 5.41) is 0. The lowest BCUT2D eigenvalue weighted by molar-refractivity contribution is -0.166. The molecule has 0 heterocycles. The van der Waals surface area contributed by atoms with Gasteiger partial charge in [-0.25, -0.2) is 0 Å². The molecule has 0 aliphatic carbocycles. The van der Waals surface area contributed by atoms with Gasteiger partial charge in [0.15, 0.2) is 5.92 Å². The topological polar surface area (TPSA) is 52.6 Å². The Morgan fingerprint density at radius 1 is 1.29 bits per heavy atom. The van der Waals surface area contributed by atoms with Crippen LogP contribution < -0.4 is 0 Å². The van der Waals surface area contributed by atoms with Crippen LogP contribution >= 0.6 is 22.6 Å². The lowest BCUT2D eigenvalue weighted by Crippen LogP contribution is -2.34. The molecule has 0 aromatic heterocycles. The molecule has 0 bridgehead atoms. The number of esters is 2. The van der Waals surface area contributed by atoms with Crippen LogP contribution in [0.25, 0.3) is 0 Å². The van der Waals surface area contributed by atoms with E-state index in [-0.39, 0.29) is 0 Å². The van der Waals surface area contributed by atoms with Crippen molar-refractivity contribution in [2.24, 2.45) is 5.92 Å². The number of methoxy groups -OCH3 is 1. The average Bonchev–Trinajstić information content (AvgIpc) is 2.01. The number of carbonyl (C=O) groups is 2. The molecule has 4 nitrogen and oxygen atoms in total.